The van der Waals surface area contributed by atoms with Crippen LogP contribution in [0, 0.1) is 17.8 Å². The molecule has 42 heavy (non-hydrogen) atoms. The van der Waals surface area contributed by atoms with Gasteiger partial charge < -0.3 is 24.5 Å². The molecule has 1 saturated carbocycles. The molecule has 3 aliphatic heterocycles. The lowest BCUT2D eigenvalue weighted by molar-refractivity contribution is -0.156. The van der Waals surface area contributed by atoms with Gasteiger partial charge >= 0.3 is 0 Å². The quantitative estimate of drug-likeness (QED) is 0.380. The molecule has 1 aromatic rings. The van der Waals surface area contributed by atoms with Crippen LogP contribution in [0.1, 0.15) is 64.4 Å². The average Bonchev–Trinajstić information content (AvgIpc) is 3.51. The maximum Gasteiger partial charge on any atom is 0.248 e. The third kappa shape index (κ3) is 5.00. The Kier molecular flexibility index (Phi) is 8.95. The van der Waals surface area contributed by atoms with Gasteiger partial charge in [-0.2, -0.15) is 0 Å². The molecule has 3 unspecified atom stereocenters. The lowest BCUT2D eigenvalue weighted by Gasteiger charge is -2.41. The van der Waals surface area contributed by atoms with E-state index in [2.05, 4.69) is 20.1 Å². The predicted octanol–water partition coefficient (Wildman–Crippen LogP) is 3.94. The van der Waals surface area contributed by atoms with Crippen molar-refractivity contribution in [1.29, 1.82) is 0 Å². The minimum atomic E-state index is -1.10. The van der Waals surface area contributed by atoms with Crippen molar-refractivity contribution in [1.82, 2.24) is 14.7 Å². The molecule has 8 heteroatoms. The molecule has 1 aromatic carbocycles. The lowest BCUT2D eigenvalue weighted by Crippen LogP contribution is -2.58. The van der Waals surface area contributed by atoms with Crippen molar-refractivity contribution in [3.05, 3.63) is 61.2 Å². The first kappa shape index (κ1) is 30.5. The van der Waals surface area contributed by atoms with E-state index < -0.39 is 29.1 Å². The van der Waals surface area contributed by atoms with Gasteiger partial charge in [0, 0.05) is 38.8 Å². The number of hydrogen-bond acceptors (Lipinski definition) is 5. The first-order valence-electron chi connectivity index (χ1n) is 15.7. The molecule has 8 nitrogen and oxygen atoms in total. The molecule has 5 rings (SSSR count). The maximum absolute atomic E-state index is 14.7. The first-order chi connectivity index (χ1) is 20.2. The number of rotatable bonds is 12. The number of amides is 3. The zero-order valence-electron chi connectivity index (χ0n) is 25.2. The van der Waals surface area contributed by atoms with Crippen LogP contribution >= 0.6 is 0 Å². The number of carbonyl (C=O) groups excluding carboxylic acids is 3. The fourth-order valence-electron chi connectivity index (χ4n) is 8.37. The second kappa shape index (κ2) is 12.3. The summed E-state index contributed by atoms with van der Waals surface area (Å²) in [7, 11) is 0. The maximum atomic E-state index is 14.7. The van der Waals surface area contributed by atoms with E-state index in [0.717, 1.165) is 37.7 Å². The second-order valence-electron chi connectivity index (χ2n) is 12.9. The van der Waals surface area contributed by atoms with Gasteiger partial charge in [0.25, 0.3) is 0 Å². The zero-order chi connectivity index (χ0) is 30.1. The molecule has 4 fully saturated rings. The molecule has 1 spiro atoms. The van der Waals surface area contributed by atoms with Gasteiger partial charge in [-0.1, -0.05) is 68.7 Å². The number of aliphatic hydroxyl groups excluding tert-OH is 1. The van der Waals surface area contributed by atoms with Crippen molar-refractivity contribution in [3.63, 3.8) is 0 Å². The van der Waals surface area contributed by atoms with Crippen LogP contribution in [0.2, 0.25) is 0 Å². The number of aliphatic hydroxyl groups is 1. The molecular formula is C34H47N3O5. The van der Waals surface area contributed by atoms with Crippen LogP contribution in [-0.4, -0.2) is 87.1 Å². The highest BCUT2D eigenvalue weighted by molar-refractivity contribution is 5.99. The van der Waals surface area contributed by atoms with E-state index in [4.69, 9.17) is 4.74 Å². The summed E-state index contributed by atoms with van der Waals surface area (Å²) in [5.41, 5.74) is -0.991. The fraction of sp³-hybridized carbons (Fsp3) is 0.618. The highest BCUT2D eigenvalue weighted by Gasteiger charge is 2.80. The van der Waals surface area contributed by atoms with E-state index in [-0.39, 0.29) is 42.8 Å². The Labute approximate surface area is 250 Å². The van der Waals surface area contributed by atoms with Gasteiger partial charge in [0.2, 0.25) is 17.7 Å². The van der Waals surface area contributed by atoms with E-state index >= 15 is 0 Å². The standard InChI is InChI=1S/C34H47N3O5/c1-5-18-35(23-25-14-9-7-10-15-25)30(39)27-28-31(40)37(20-13-21-38)29(34(28)22-24(3)33(27,4)42-34)32(41)36(19-6-2)26-16-11-8-12-17-26/h5-7,9-10,14-15,24,26-29,38H,1-2,8,11-13,16-23H2,3-4H3/t24?,27-,28-,29?,33+,34?/m0/s1. The van der Waals surface area contributed by atoms with Gasteiger partial charge in [-0.25, -0.2) is 0 Å². The molecule has 2 bridgehead atoms. The number of benzene rings is 1. The average molecular weight is 578 g/mol. The number of hydrogen-bond donors (Lipinski definition) is 1. The molecule has 228 valence electrons. The summed E-state index contributed by atoms with van der Waals surface area (Å²) in [5, 5.41) is 9.71. The summed E-state index contributed by atoms with van der Waals surface area (Å²) >= 11 is 0. The summed E-state index contributed by atoms with van der Waals surface area (Å²) in [6.45, 7) is 13.1. The van der Waals surface area contributed by atoms with Crippen molar-refractivity contribution < 1.29 is 24.2 Å². The largest absolute Gasteiger partial charge is 0.396 e. The van der Waals surface area contributed by atoms with Crippen LogP contribution in [-0.2, 0) is 25.7 Å². The summed E-state index contributed by atoms with van der Waals surface area (Å²) in [4.78, 5) is 48.9. The number of likely N-dealkylation sites (tertiary alicyclic amines) is 1. The molecule has 0 radical (unpaired) electrons. The van der Waals surface area contributed by atoms with Crippen molar-refractivity contribution in [2.24, 2.45) is 17.8 Å². The van der Waals surface area contributed by atoms with Crippen LogP contribution in [0.15, 0.2) is 55.6 Å². The summed E-state index contributed by atoms with van der Waals surface area (Å²) in [6.07, 6.45) is 9.52. The summed E-state index contributed by atoms with van der Waals surface area (Å²) in [5.74, 6) is -2.00. The topological polar surface area (TPSA) is 90.4 Å². The summed E-state index contributed by atoms with van der Waals surface area (Å²) in [6, 6.07) is 9.05. The summed E-state index contributed by atoms with van der Waals surface area (Å²) < 4.78 is 6.95. The van der Waals surface area contributed by atoms with Crippen molar-refractivity contribution in [2.45, 2.75) is 88.6 Å². The normalized spacial score (nSPS) is 32.1. The van der Waals surface area contributed by atoms with E-state index in [1.165, 1.54) is 0 Å². The Balaban J connectivity index is 1.55. The molecule has 1 N–H and O–H groups in total. The molecule has 4 aliphatic rings. The van der Waals surface area contributed by atoms with Crippen LogP contribution in [0.4, 0.5) is 0 Å². The molecule has 6 atom stereocenters. The van der Waals surface area contributed by atoms with Gasteiger partial charge in [-0.3, -0.25) is 14.4 Å². The Morgan fingerprint density at radius 3 is 2.43 bits per heavy atom. The predicted molar refractivity (Wildman–Crippen MR) is 161 cm³/mol. The third-order valence-corrected chi connectivity index (χ3v) is 10.4. The van der Waals surface area contributed by atoms with Crippen LogP contribution in [0.3, 0.4) is 0 Å². The van der Waals surface area contributed by atoms with E-state index in [9.17, 15) is 19.5 Å². The smallest absolute Gasteiger partial charge is 0.248 e. The van der Waals surface area contributed by atoms with Gasteiger partial charge in [-0.15, -0.1) is 13.2 Å². The highest BCUT2D eigenvalue weighted by Crippen LogP contribution is 2.65. The Hall–Kier alpha value is -2.97. The minimum Gasteiger partial charge on any atom is -0.396 e. The molecule has 1 aliphatic carbocycles. The molecule has 0 aromatic heterocycles. The number of nitrogens with zero attached hydrogens (tertiary/aromatic N) is 3. The number of ether oxygens (including phenoxy) is 1. The fourth-order valence-corrected chi connectivity index (χ4v) is 8.37. The Morgan fingerprint density at radius 1 is 1.10 bits per heavy atom. The minimum absolute atomic E-state index is 0.0339. The van der Waals surface area contributed by atoms with Crippen molar-refractivity contribution in [3.8, 4) is 0 Å². The van der Waals surface area contributed by atoms with E-state index in [1.54, 1.807) is 22.0 Å². The third-order valence-electron chi connectivity index (χ3n) is 10.4. The van der Waals surface area contributed by atoms with Gasteiger partial charge in [0.1, 0.15) is 11.6 Å². The number of carbonyl (C=O) groups is 3. The van der Waals surface area contributed by atoms with Crippen LogP contribution in [0.25, 0.3) is 0 Å². The molecule has 3 heterocycles. The van der Waals surface area contributed by atoms with E-state index in [1.807, 2.05) is 42.2 Å². The first-order valence-corrected chi connectivity index (χ1v) is 15.7. The molecule has 3 saturated heterocycles. The lowest BCUT2D eigenvalue weighted by atomic mass is 9.62. The van der Waals surface area contributed by atoms with E-state index in [0.29, 0.717) is 32.5 Å². The molecular weight excluding hydrogens is 530 g/mol. The van der Waals surface area contributed by atoms with Crippen molar-refractivity contribution >= 4 is 17.7 Å². The van der Waals surface area contributed by atoms with Crippen LogP contribution < -0.4 is 0 Å². The Bertz CT molecular complexity index is 1180. The van der Waals surface area contributed by atoms with Gasteiger partial charge in [0.05, 0.1) is 17.4 Å². The monoisotopic (exact) mass is 577 g/mol. The van der Waals surface area contributed by atoms with Crippen LogP contribution in [0.5, 0.6) is 0 Å². The second-order valence-corrected chi connectivity index (χ2v) is 12.9. The van der Waals surface area contributed by atoms with Gasteiger partial charge in [-0.05, 0) is 44.1 Å². The highest BCUT2D eigenvalue weighted by atomic mass is 16.5. The zero-order valence-corrected chi connectivity index (χ0v) is 25.2. The SMILES string of the molecule is C=CCN(Cc1ccccc1)C(=O)[C@@H]1[C@H]2C(=O)N(CCCO)C(C(=O)N(CC=C)C3CCCCC3)C23CC(C)[C@@]1(C)O3. The molecule has 3 amide bonds. The Morgan fingerprint density at radius 2 is 1.79 bits per heavy atom. The van der Waals surface area contributed by atoms with Crippen molar-refractivity contribution in [2.75, 3.05) is 26.2 Å². The van der Waals surface area contributed by atoms with Gasteiger partial charge in [0.15, 0.2) is 0 Å². The number of fused-ring (bicyclic) bond motifs is 1.